The third kappa shape index (κ3) is 4.23. The van der Waals surface area contributed by atoms with Crippen LogP contribution in [0.4, 0.5) is 17.1 Å². The molecule has 0 fully saturated rings. The quantitative estimate of drug-likeness (QED) is 0.200. The molecule has 46 heavy (non-hydrogen) atoms. The maximum Gasteiger partial charge on any atom is 0.161 e. The van der Waals surface area contributed by atoms with Gasteiger partial charge in [-0.3, -0.25) is 0 Å². The van der Waals surface area contributed by atoms with E-state index in [0.29, 0.717) is 5.82 Å². The second-order valence-electron chi connectivity index (χ2n) is 11.4. The smallest absolute Gasteiger partial charge is 0.161 e. The summed E-state index contributed by atoms with van der Waals surface area (Å²) in [6.45, 7) is 0. The molecule has 9 rings (SSSR count). The molecule has 0 saturated carbocycles. The van der Waals surface area contributed by atoms with Crippen molar-refractivity contribution >= 4 is 60.7 Å². The lowest BCUT2D eigenvalue weighted by Gasteiger charge is -2.25. The molecule has 0 N–H and O–H groups in total. The molecule has 216 valence electrons. The van der Waals surface area contributed by atoms with Crippen LogP contribution in [0, 0.1) is 0 Å². The van der Waals surface area contributed by atoms with Crippen LogP contribution < -0.4 is 4.90 Å². The van der Waals surface area contributed by atoms with Crippen molar-refractivity contribution in [2.45, 2.75) is 0 Å². The van der Waals surface area contributed by atoms with E-state index in [1.165, 1.54) is 0 Å². The van der Waals surface area contributed by atoms with Gasteiger partial charge in [0.15, 0.2) is 11.4 Å². The van der Waals surface area contributed by atoms with Gasteiger partial charge in [-0.2, -0.15) is 0 Å². The third-order valence-electron chi connectivity index (χ3n) is 8.64. The molecule has 0 atom stereocenters. The minimum atomic E-state index is 0.691. The summed E-state index contributed by atoms with van der Waals surface area (Å²) in [4.78, 5) is 12.6. The number of anilines is 3. The van der Waals surface area contributed by atoms with Gasteiger partial charge in [-0.1, -0.05) is 121 Å². The molecule has 0 spiro atoms. The van der Waals surface area contributed by atoms with Gasteiger partial charge in [-0.05, 0) is 47.9 Å². The van der Waals surface area contributed by atoms with Gasteiger partial charge in [-0.25, -0.2) is 9.97 Å². The first-order chi connectivity index (χ1) is 22.8. The van der Waals surface area contributed by atoms with E-state index in [2.05, 4.69) is 138 Å². The number of para-hydroxylation sites is 4. The molecule has 0 unspecified atom stereocenters. The molecule has 2 heterocycles. The summed E-state index contributed by atoms with van der Waals surface area (Å²) >= 11 is 0. The van der Waals surface area contributed by atoms with E-state index in [1.54, 1.807) is 0 Å². The van der Waals surface area contributed by atoms with Crippen molar-refractivity contribution in [3.63, 3.8) is 0 Å². The Bertz CT molecular complexity index is 2480. The Kier molecular flexibility index (Phi) is 6.10. The van der Waals surface area contributed by atoms with Crippen LogP contribution in [0.5, 0.6) is 0 Å². The highest BCUT2D eigenvalue weighted by Crippen LogP contribution is 2.45. The molecule has 9 aromatic rings. The van der Waals surface area contributed by atoms with Crippen molar-refractivity contribution in [2.24, 2.45) is 0 Å². The fourth-order valence-corrected chi connectivity index (χ4v) is 6.56. The molecule has 0 aliphatic carbocycles. The third-order valence-corrected chi connectivity index (χ3v) is 8.64. The van der Waals surface area contributed by atoms with Crippen LogP contribution >= 0.6 is 0 Å². The number of furan rings is 1. The van der Waals surface area contributed by atoms with Gasteiger partial charge >= 0.3 is 0 Å². The zero-order chi connectivity index (χ0) is 30.5. The molecule has 4 heteroatoms. The van der Waals surface area contributed by atoms with Crippen molar-refractivity contribution in [1.29, 1.82) is 0 Å². The van der Waals surface area contributed by atoms with Crippen LogP contribution in [-0.2, 0) is 0 Å². The molecular weight excluding hydrogens is 562 g/mol. The number of nitrogens with zero attached hydrogens (tertiary/aromatic N) is 3. The maximum atomic E-state index is 6.89. The molecule has 0 saturated heterocycles. The number of rotatable bonds is 5. The van der Waals surface area contributed by atoms with E-state index in [0.717, 1.165) is 77.5 Å². The summed E-state index contributed by atoms with van der Waals surface area (Å²) in [7, 11) is 0. The Morgan fingerprint density at radius 3 is 1.72 bits per heavy atom. The van der Waals surface area contributed by atoms with E-state index >= 15 is 0 Å². The summed E-state index contributed by atoms with van der Waals surface area (Å²) in [6.07, 6.45) is 0. The van der Waals surface area contributed by atoms with Crippen molar-refractivity contribution in [3.05, 3.63) is 164 Å². The van der Waals surface area contributed by atoms with Gasteiger partial charge in [0.2, 0.25) is 0 Å². The number of fused-ring (bicyclic) bond motifs is 6. The lowest BCUT2D eigenvalue weighted by Crippen LogP contribution is -2.09. The normalized spacial score (nSPS) is 11.5. The highest BCUT2D eigenvalue weighted by Gasteiger charge is 2.22. The first kappa shape index (κ1) is 26.2. The number of benzene rings is 7. The molecule has 2 aromatic heterocycles. The van der Waals surface area contributed by atoms with Gasteiger partial charge in [0.1, 0.15) is 5.58 Å². The Morgan fingerprint density at radius 1 is 0.435 bits per heavy atom. The van der Waals surface area contributed by atoms with Crippen LogP contribution in [-0.4, -0.2) is 9.97 Å². The highest BCUT2D eigenvalue weighted by atomic mass is 16.3. The SMILES string of the molecule is c1ccc(-c2nc(-c3cc4c5cccc(N(c6ccccc6)c6ccccc6)c5oc4c4ccccc34)nc3ccccc23)cc1. The molecule has 0 amide bonds. The lowest BCUT2D eigenvalue weighted by atomic mass is 9.98. The topological polar surface area (TPSA) is 42.2 Å². The van der Waals surface area contributed by atoms with Gasteiger partial charge in [-0.15, -0.1) is 0 Å². The molecule has 4 nitrogen and oxygen atoms in total. The van der Waals surface area contributed by atoms with E-state index in [-0.39, 0.29) is 0 Å². The minimum absolute atomic E-state index is 0.691. The monoisotopic (exact) mass is 589 g/mol. The van der Waals surface area contributed by atoms with E-state index < -0.39 is 0 Å². The summed E-state index contributed by atoms with van der Waals surface area (Å²) in [5.41, 5.74) is 8.65. The summed E-state index contributed by atoms with van der Waals surface area (Å²) in [6, 6.07) is 56.5. The molecule has 0 bridgehead atoms. The molecule has 7 aromatic carbocycles. The van der Waals surface area contributed by atoms with Crippen molar-refractivity contribution in [1.82, 2.24) is 9.97 Å². The predicted molar refractivity (Wildman–Crippen MR) is 190 cm³/mol. The maximum absolute atomic E-state index is 6.89. The minimum Gasteiger partial charge on any atom is -0.453 e. The van der Waals surface area contributed by atoms with Crippen LogP contribution in [0.15, 0.2) is 168 Å². The average molecular weight is 590 g/mol. The molecule has 0 radical (unpaired) electrons. The van der Waals surface area contributed by atoms with Gasteiger partial charge < -0.3 is 9.32 Å². The second-order valence-corrected chi connectivity index (χ2v) is 11.4. The zero-order valence-corrected chi connectivity index (χ0v) is 24.8. The van der Waals surface area contributed by atoms with E-state index in [1.807, 2.05) is 30.3 Å². The Morgan fingerprint density at radius 2 is 1.00 bits per heavy atom. The molecule has 0 aliphatic heterocycles. The highest BCUT2D eigenvalue weighted by molar-refractivity contribution is 6.20. The standard InChI is InChI=1S/C42H27N3O/c1-4-15-28(16-5-1)39-34-23-12-13-25-37(34)43-42(44-39)36-27-35-33-24-14-26-38(41(33)46-40(35)32-22-11-10-21-31(32)36)45(29-17-6-2-7-18-29)30-19-8-3-9-20-30/h1-27H. The van der Waals surface area contributed by atoms with Crippen molar-refractivity contribution < 1.29 is 4.42 Å². The number of aromatic nitrogens is 2. The summed E-state index contributed by atoms with van der Waals surface area (Å²) in [5, 5.41) is 5.18. The van der Waals surface area contributed by atoms with Gasteiger partial charge in [0, 0.05) is 44.0 Å². The van der Waals surface area contributed by atoms with E-state index in [4.69, 9.17) is 14.4 Å². The lowest BCUT2D eigenvalue weighted by molar-refractivity contribution is 0.673. The van der Waals surface area contributed by atoms with E-state index in [9.17, 15) is 0 Å². The van der Waals surface area contributed by atoms with Crippen LogP contribution in [0.1, 0.15) is 0 Å². The van der Waals surface area contributed by atoms with Gasteiger partial charge in [0.25, 0.3) is 0 Å². The second kappa shape index (κ2) is 10.7. The fraction of sp³-hybridized carbons (Fsp3) is 0. The Hall–Kier alpha value is -6.26. The molecular formula is C42H27N3O. The first-order valence-electron chi connectivity index (χ1n) is 15.4. The number of hydrogen-bond acceptors (Lipinski definition) is 4. The average Bonchev–Trinajstić information content (AvgIpc) is 3.52. The summed E-state index contributed by atoms with van der Waals surface area (Å²) in [5.74, 6) is 0.691. The van der Waals surface area contributed by atoms with Crippen molar-refractivity contribution in [3.8, 4) is 22.6 Å². The Balaban J connectivity index is 1.33. The van der Waals surface area contributed by atoms with Crippen LogP contribution in [0.2, 0.25) is 0 Å². The van der Waals surface area contributed by atoms with Crippen LogP contribution in [0.3, 0.4) is 0 Å². The predicted octanol–water partition coefficient (Wildman–Crippen LogP) is 11.5. The van der Waals surface area contributed by atoms with Crippen molar-refractivity contribution in [2.75, 3.05) is 4.90 Å². The first-order valence-corrected chi connectivity index (χ1v) is 15.4. The number of hydrogen-bond donors (Lipinski definition) is 0. The Labute approximate surface area is 265 Å². The molecule has 0 aliphatic rings. The zero-order valence-electron chi connectivity index (χ0n) is 24.8. The fourth-order valence-electron chi connectivity index (χ4n) is 6.56. The van der Waals surface area contributed by atoms with Crippen LogP contribution in [0.25, 0.3) is 66.3 Å². The largest absolute Gasteiger partial charge is 0.453 e. The van der Waals surface area contributed by atoms with Gasteiger partial charge in [0.05, 0.1) is 16.9 Å². The summed E-state index contributed by atoms with van der Waals surface area (Å²) < 4.78 is 6.89.